The van der Waals surface area contributed by atoms with Crippen molar-refractivity contribution in [1.82, 2.24) is 9.97 Å². The van der Waals surface area contributed by atoms with Gasteiger partial charge in [0, 0.05) is 16.1 Å². The molecule has 0 fully saturated rings. The van der Waals surface area contributed by atoms with Crippen molar-refractivity contribution in [1.29, 1.82) is 0 Å². The van der Waals surface area contributed by atoms with Crippen LogP contribution >= 0.6 is 27.5 Å². The SMILES string of the molecule is Nc1cc(-c2ccc(Br)c(Cl)c2F)nc(N)n1. The van der Waals surface area contributed by atoms with Gasteiger partial charge in [-0.2, -0.15) is 4.98 Å². The van der Waals surface area contributed by atoms with Gasteiger partial charge in [0.15, 0.2) is 5.82 Å². The van der Waals surface area contributed by atoms with Crippen molar-refractivity contribution in [2.75, 3.05) is 11.5 Å². The number of hydrogen-bond acceptors (Lipinski definition) is 4. The highest BCUT2D eigenvalue weighted by Gasteiger charge is 2.13. The maximum absolute atomic E-state index is 13.9. The fourth-order valence-corrected chi connectivity index (χ4v) is 1.82. The Balaban J connectivity index is 2.64. The molecule has 4 N–H and O–H groups in total. The van der Waals surface area contributed by atoms with Gasteiger partial charge in [-0.1, -0.05) is 11.6 Å². The van der Waals surface area contributed by atoms with E-state index in [0.29, 0.717) is 10.2 Å². The summed E-state index contributed by atoms with van der Waals surface area (Å²) in [7, 11) is 0. The fourth-order valence-electron chi connectivity index (χ4n) is 1.35. The normalized spacial score (nSPS) is 10.5. The minimum Gasteiger partial charge on any atom is -0.384 e. The predicted octanol–water partition coefficient (Wildman–Crippen LogP) is 2.86. The van der Waals surface area contributed by atoms with Crippen LogP contribution in [0.2, 0.25) is 5.02 Å². The first-order valence-electron chi connectivity index (χ1n) is 4.53. The molecule has 0 unspecified atom stereocenters. The number of anilines is 2. The molecule has 17 heavy (non-hydrogen) atoms. The smallest absolute Gasteiger partial charge is 0.222 e. The minimum atomic E-state index is -0.585. The van der Waals surface area contributed by atoms with Gasteiger partial charge < -0.3 is 11.5 Å². The van der Waals surface area contributed by atoms with Crippen LogP contribution in [0, 0.1) is 5.82 Å². The molecule has 1 aromatic heterocycles. The van der Waals surface area contributed by atoms with E-state index >= 15 is 0 Å². The van der Waals surface area contributed by atoms with Crippen LogP contribution in [0.1, 0.15) is 0 Å². The summed E-state index contributed by atoms with van der Waals surface area (Å²) in [4.78, 5) is 7.62. The molecule has 4 nitrogen and oxygen atoms in total. The Kier molecular flexibility index (Phi) is 3.17. The van der Waals surface area contributed by atoms with Crippen LogP contribution in [0.3, 0.4) is 0 Å². The average Bonchev–Trinajstić information content (AvgIpc) is 2.24. The average molecular weight is 318 g/mol. The molecule has 7 heteroatoms. The Labute approximate surface area is 110 Å². The van der Waals surface area contributed by atoms with Crippen LogP contribution in [-0.2, 0) is 0 Å². The van der Waals surface area contributed by atoms with E-state index in [0.717, 1.165) is 0 Å². The van der Waals surface area contributed by atoms with E-state index in [1.165, 1.54) is 12.1 Å². The number of nitrogens with zero attached hydrogens (tertiary/aromatic N) is 2. The predicted molar refractivity (Wildman–Crippen MR) is 69.0 cm³/mol. The molecule has 0 saturated heterocycles. The second-order valence-electron chi connectivity index (χ2n) is 3.26. The third-order valence-electron chi connectivity index (χ3n) is 2.07. The molecular weight excluding hydrogens is 310 g/mol. The van der Waals surface area contributed by atoms with Gasteiger partial charge >= 0.3 is 0 Å². The Bertz CT molecular complexity index is 571. The van der Waals surface area contributed by atoms with Crippen molar-refractivity contribution >= 4 is 39.3 Å². The van der Waals surface area contributed by atoms with Crippen LogP contribution in [-0.4, -0.2) is 9.97 Å². The van der Waals surface area contributed by atoms with Crippen LogP contribution < -0.4 is 11.5 Å². The minimum absolute atomic E-state index is 0.0153. The Morgan fingerprint density at radius 1 is 1.24 bits per heavy atom. The summed E-state index contributed by atoms with van der Waals surface area (Å²) >= 11 is 8.91. The van der Waals surface area contributed by atoms with Gasteiger partial charge in [0.1, 0.15) is 5.82 Å². The second kappa shape index (κ2) is 4.46. The highest BCUT2D eigenvalue weighted by Crippen LogP contribution is 2.32. The van der Waals surface area contributed by atoms with Gasteiger partial charge in [-0.15, -0.1) is 0 Å². The summed E-state index contributed by atoms with van der Waals surface area (Å²) in [6, 6.07) is 4.58. The molecule has 0 bridgehead atoms. The molecule has 0 radical (unpaired) electrons. The van der Waals surface area contributed by atoms with Crippen molar-refractivity contribution in [2.45, 2.75) is 0 Å². The van der Waals surface area contributed by atoms with E-state index in [1.54, 1.807) is 6.07 Å². The summed E-state index contributed by atoms with van der Waals surface area (Å²) < 4.78 is 14.4. The summed E-state index contributed by atoms with van der Waals surface area (Å²) in [5.74, 6) is -0.428. The Morgan fingerprint density at radius 3 is 2.59 bits per heavy atom. The zero-order valence-corrected chi connectivity index (χ0v) is 10.8. The summed E-state index contributed by atoms with van der Waals surface area (Å²) in [6.07, 6.45) is 0. The Morgan fingerprint density at radius 2 is 1.94 bits per heavy atom. The van der Waals surface area contributed by atoms with E-state index in [4.69, 9.17) is 23.1 Å². The van der Waals surface area contributed by atoms with E-state index < -0.39 is 5.82 Å². The molecule has 2 rings (SSSR count). The topological polar surface area (TPSA) is 77.8 Å². The highest BCUT2D eigenvalue weighted by molar-refractivity contribution is 9.10. The van der Waals surface area contributed by atoms with Crippen molar-refractivity contribution in [3.63, 3.8) is 0 Å². The molecule has 0 aliphatic heterocycles. The first-order chi connectivity index (χ1) is 7.99. The summed E-state index contributed by atoms with van der Waals surface area (Å²) in [6.45, 7) is 0. The number of rotatable bonds is 1. The lowest BCUT2D eigenvalue weighted by molar-refractivity contribution is 0.630. The molecule has 0 saturated carbocycles. The number of hydrogen-bond donors (Lipinski definition) is 2. The van der Waals surface area contributed by atoms with Crippen LogP contribution in [0.5, 0.6) is 0 Å². The van der Waals surface area contributed by atoms with Crippen LogP contribution in [0.15, 0.2) is 22.7 Å². The van der Waals surface area contributed by atoms with Gasteiger partial charge in [-0.05, 0) is 28.1 Å². The van der Waals surface area contributed by atoms with E-state index in [-0.39, 0.29) is 22.4 Å². The largest absolute Gasteiger partial charge is 0.384 e. The van der Waals surface area contributed by atoms with E-state index in [2.05, 4.69) is 25.9 Å². The lowest BCUT2D eigenvalue weighted by Gasteiger charge is -2.06. The molecule has 0 spiro atoms. The maximum atomic E-state index is 13.9. The third-order valence-corrected chi connectivity index (χ3v) is 3.33. The lowest BCUT2D eigenvalue weighted by atomic mass is 10.1. The molecule has 2 aromatic rings. The zero-order valence-electron chi connectivity index (χ0n) is 8.42. The summed E-state index contributed by atoms with van der Waals surface area (Å²) in [5, 5.41) is -0.0155. The fraction of sp³-hybridized carbons (Fsp3) is 0. The number of nitrogen functional groups attached to an aromatic ring is 2. The van der Waals surface area contributed by atoms with Crippen molar-refractivity contribution in [3.05, 3.63) is 33.5 Å². The van der Waals surface area contributed by atoms with Crippen LogP contribution in [0.4, 0.5) is 16.2 Å². The number of aromatic nitrogens is 2. The van der Waals surface area contributed by atoms with E-state index in [9.17, 15) is 4.39 Å². The standard InChI is InChI=1S/C10H7BrClFN4/c11-5-2-1-4(9(13)8(5)12)6-3-7(14)17-10(15)16-6/h1-3H,(H4,14,15,16,17). The first kappa shape index (κ1) is 12.1. The molecule has 0 aliphatic carbocycles. The van der Waals surface area contributed by atoms with Gasteiger partial charge in [-0.25, -0.2) is 9.37 Å². The molecule has 0 aliphatic rings. The monoisotopic (exact) mass is 316 g/mol. The van der Waals surface area contributed by atoms with Gasteiger partial charge in [-0.3, -0.25) is 0 Å². The molecule has 88 valence electrons. The molecular formula is C10H7BrClFN4. The molecule has 1 heterocycles. The lowest BCUT2D eigenvalue weighted by Crippen LogP contribution is -2.01. The highest BCUT2D eigenvalue weighted by atomic mass is 79.9. The van der Waals surface area contributed by atoms with E-state index in [1.807, 2.05) is 0 Å². The van der Waals surface area contributed by atoms with Crippen molar-refractivity contribution in [3.8, 4) is 11.3 Å². The molecule has 0 atom stereocenters. The Hall–Kier alpha value is -1.40. The third kappa shape index (κ3) is 2.32. The van der Waals surface area contributed by atoms with Gasteiger partial charge in [0.25, 0.3) is 0 Å². The molecule has 1 aromatic carbocycles. The first-order valence-corrected chi connectivity index (χ1v) is 5.70. The molecule has 0 amide bonds. The van der Waals surface area contributed by atoms with Crippen molar-refractivity contribution in [2.24, 2.45) is 0 Å². The number of halogens is 3. The second-order valence-corrected chi connectivity index (χ2v) is 4.49. The number of benzene rings is 1. The summed E-state index contributed by atoms with van der Waals surface area (Å²) in [5.41, 5.74) is 11.5. The van der Waals surface area contributed by atoms with Crippen LogP contribution in [0.25, 0.3) is 11.3 Å². The van der Waals surface area contributed by atoms with Gasteiger partial charge in [0.2, 0.25) is 5.95 Å². The zero-order chi connectivity index (χ0) is 12.6. The van der Waals surface area contributed by atoms with Gasteiger partial charge in [0.05, 0.1) is 10.7 Å². The number of nitrogens with two attached hydrogens (primary N) is 2. The maximum Gasteiger partial charge on any atom is 0.222 e. The quantitative estimate of drug-likeness (QED) is 0.793. The van der Waals surface area contributed by atoms with Crippen molar-refractivity contribution < 1.29 is 4.39 Å².